The van der Waals surface area contributed by atoms with E-state index in [0.29, 0.717) is 31.2 Å². The molecule has 2 saturated heterocycles. The maximum atomic E-state index is 12.7. The number of ether oxygens (including phenoxy) is 1. The summed E-state index contributed by atoms with van der Waals surface area (Å²) < 4.78 is 5.32. The molecule has 0 saturated carbocycles. The van der Waals surface area contributed by atoms with Crippen molar-refractivity contribution >= 4 is 17.5 Å². The summed E-state index contributed by atoms with van der Waals surface area (Å²) in [6, 6.07) is 5.15. The molecule has 0 aliphatic carbocycles. The van der Waals surface area contributed by atoms with Gasteiger partial charge in [-0.3, -0.25) is 9.59 Å². The first-order valence-electron chi connectivity index (χ1n) is 9.06. The van der Waals surface area contributed by atoms with Crippen molar-refractivity contribution in [3.05, 3.63) is 29.3 Å². The van der Waals surface area contributed by atoms with Gasteiger partial charge in [0.1, 0.15) is 6.04 Å². The van der Waals surface area contributed by atoms with E-state index < -0.39 is 0 Å². The van der Waals surface area contributed by atoms with E-state index in [1.807, 2.05) is 24.0 Å². The highest BCUT2D eigenvalue weighted by Crippen LogP contribution is 2.21. The Balaban J connectivity index is 1.64. The molecule has 2 aliphatic rings. The second-order valence-corrected chi connectivity index (χ2v) is 7.08. The Morgan fingerprint density at radius 1 is 1.28 bits per heavy atom. The van der Waals surface area contributed by atoms with Gasteiger partial charge < -0.3 is 20.3 Å². The number of morpholine rings is 1. The Kier molecular flexibility index (Phi) is 5.71. The second-order valence-electron chi connectivity index (χ2n) is 7.08. The number of carbonyl (C=O) groups excluding carboxylic acids is 2. The molecule has 136 valence electrons. The number of likely N-dealkylation sites (tertiary alicyclic amines) is 1. The fourth-order valence-electron chi connectivity index (χ4n) is 3.28. The Hall–Kier alpha value is -1.92. The number of anilines is 1. The number of hydrogen-bond donors (Lipinski definition) is 2. The molecule has 2 N–H and O–H groups in total. The molecule has 2 aliphatic heterocycles. The van der Waals surface area contributed by atoms with Gasteiger partial charge in [0.15, 0.2) is 0 Å². The average Bonchev–Trinajstić information content (AvgIpc) is 2.64. The molecule has 1 aromatic carbocycles. The van der Waals surface area contributed by atoms with Gasteiger partial charge in [0.2, 0.25) is 5.91 Å². The summed E-state index contributed by atoms with van der Waals surface area (Å²) in [6.45, 7) is 7.49. The molecular formula is C19H27N3O3. The summed E-state index contributed by atoms with van der Waals surface area (Å²) in [7, 11) is 0. The average molecular weight is 345 g/mol. The van der Waals surface area contributed by atoms with Crippen LogP contribution in [0.1, 0.15) is 35.7 Å². The predicted octanol–water partition coefficient (Wildman–Crippen LogP) is 1.79. The van der Waals surface area contributed by atoms with Crippen molar-refractivity contribution < 1.29 is 14.3 Å². The van der Waals surface area contributed by atoms with E-state index in [1.165, 1.54) is 0 Å². The monoisotopic (exact) mass is 345 g/mol. The number of nitrogens with one attached hydrogen (secondary N) is 2. The topological polar surface area (TPSA) is 70.7 Å². The van der Waals surface area contributed by atoms with Crippen LogP contribution in [0.4, 0.5) is 5.69 Å². The highest BCUT2D eigenvalue weighted by Gasteiger charge is 2.23. The minimum absolute atomic E-state index is 0.0789. The van der Waals surface area contributed by atoms with E-state index in [9.17, 15) is 9.59 Å². The standard InChI is InChI=1S/C19H27N3O3/c1-13-5-8-22(9-6-13)19(24)15-3-4-16(14(2)11-15)21-18(23)17-12-25-10-7-20-17/h3-4,11,13,17,20H,5-10,12H2,1-2H3,(H,21,23). The molecule has 6 nitrogen and oxygen atoms in total. The molecule has 0 bridgehead atoms. The van der Waals surface area contributed by atoms with Gasteiger partial charge in [-0.05, 0) is 49.4 Å². The Morgan fingerprint density at radius 3 is 2.68 bits per heavy atom. The fraction of sp³-hybridized carbons (Fsp3) is 0.579. The number of benzene rings is 1. The van der Waals surface area contributed by atoms with E-state index in [2.05, 4.69) is 17.6 Å². The third-order valence-electron chi connectivity index (χ3n) is 5.04. The first-order chi connectivity index (χ1) is 12.0. The smallest absolute Gasteiger partial charge is 0.253 e. The lowest BCUT2D eigenvalue weighted by atomic mass is 9.98. The summed E-state index contributed by atoms with van der Waals surface area (Å²) in [6.07, 6.45) is 2.13. The number of aryl methyl sites for hydroxylation is 1. The Labute approximate surface area is 148 Å². The lowest BCUT2D eigenvalue weighted by molar-refractivity contribution is -0.120. The molecule has 0 aromatic heterocycles. The van der Waals surface area contributed by atoms with Crippen molar-refractivity contribution in [3.63, 3.8) is 0 Å². The zero-order valence-corrected chi connectivity index (χ0v) is 15.0. The van der Waals surface area contributed by atoms with E-state index >= 15 is 0 Å². The summed E-state index contributed by atoms with van der Waals surface area (Å²) >= 11 is 0. The third kappa shape index (κ3) is 4.38. The van der Waals surface area contributed by atoms with Crippen molar-refractivity contribution in [1.82, 2.24) is 10.2 Å². The predicted molar refractivity (Wildman–Crippen MR) is 96.7 cm³/mol. The Morgan fingerprint density at radius 2 is 2.04 bits per heavy atom. The molecule has 0 spiro atoms. The van der Waals surface area contributed by atoms with Gasteiger partial charge in [0.05, 0.1) is 13.2 Å². The zero-order valence-electron chi connectivity index (χ0n) is 15.0. The molecular weight excluding hydrogens is 318 g/mol. The van der Waals surface area contributed by atoms with Crippen molar-refractivity contribution in [3.8, 4) is 0 Å². The van der Waals surface area contributed by atoms with Gasteiger partial charge in [0.25, 0.3) is 5.91 Å². The van der Waals surface area contributed by atoms with E-state index in [4.69, 9.17) is 4.74 Å². The summed E-state index contributed by atoms with van der Waals surface area (Å²) in [5, 5.41) is 6.06. The summed E-state index contributed by atoms with van der Waals surface area (Å²) in [5.74, 6) is 0.669. The third-order valence-corrected chi connectivity index (χ3v) is 5.04. The zero-order chi connectivity index (χ0) is 17.8. The van der Waals surface area contributed by atoms with Gasteiger partial charge in [-0.1, -0.05) is 6.92 Å². The molecule has 6 heteroatoms. The molecule has 25 heavy (non-hydrogen) atoms. The summed E-state index contributed by atoms with van der Waals surface area (Å²) in [4.78, 5) is 26.9. The highest BCUT2D eigenvalue weighted by atomic mass is 16.5. The number of carbonyl (C=O) groups is 2. The van der Waals surface area contributed by atoms with E-state index in [-0.39, 0.29) is 17.9 Å². The number of nitrogens with zero attached hydrogens (tertiary/aromatic N) is 1. The van der Waals surface area contributed by atoms with Crippen molar-refractivity contribution in [2.75, 3.05) is 38.2 Å². The lowest BCUT2D eigenvalue weighted by Gasteiger charge is -2.30. The van der Waals surface area contributed by atoms with Gasteiger partial charge in [0, 0.05) is 30.9 Å². The van der Waals surface area contributed by atoms with Crippen LogP contribution < -0.4 is 10.6 Å². The molecule has 1 unspecified atom stereocenters. The van der Waals surface area contributed by atoms with Crippen LogP contribution in [0, 0.1) is 12.8 Å². The van der Waals surface area contributed by atoms with Crippen LogP contribution in [-0.4, -0.2) is 55.6 Å². The Bertz CT molecular complexity index is 633. The number of hydrogen-bond acceptors (Lipinski definition) is 4. The van der Waals surface area contributed by atoms with Crippen LogP contribution in [-0.2, 0) is 9.53 Å². The molecule has 3 rings (SSSR count). The maximum absolute atomic E-state index is 12.7. The highest BCUT2D eigenvalue weighted by molar-refractivity contribution is 5.98. The number of piperidine rings is 1. The quantitative estimate of drug-likeness (QED) is 0.876. The molecule has 2 heterocycles. The van der Waals surface area contributed by atoms with Gasteiger partial charge in [-0.15, -0.1) is 0 Å². The van der Waals surface area contributed by atoms with Crippen molar-refractivity contribution in [1.29, 1.82) is 0 Å². The van der Waals surface area contributed by atoms with E-state index in [0.717, 1.165) is 37.2 Å². The normalized spacial score (nSPS) is 21.8. The second kappa shape index (κ2) is 7.97. The lowest BCUT2D eigenvalue weighted by Crippen LogP contribution is -2.48. The van der Waals surface area contributed by atoms with Crippen molar-refractivity contribution in [2.45, 2.75) is 32.7 Å². The van der Waals surface area contributed by atoms with Crippen LogP contribution in [0.2, 0.25) is 0 Å². The van der Waals surface area contributed by atoms with Crippen LogP contribution in [0.5, 0.6) is 0 Å². The minimum Gasteiger partial charge on any atom is -0.378 e. The number of rotatable bonds is 3. The van der Waals surface area contributed by atoms with Gasteiger partial charge in [-0.25, -0.2) is 0 Å². The minimum atomic E-state index is -0.329. The molecule has 0 radical (unpaired) electrons. The first-order valence-corrected chi connectivity index (χ1v) is 9.06. The van der Waals surface area contributed by atoms with Crippen LogP contribution in [0.25, 0.3) is 0 Å². The number of amides is 2. The maximum Gasteiger partial charge on any atom is 0.253 e. The van der Waals surface area contributed by atoms with Crippen molar-refractivity contribution in [2.24, 2.45) is 5.92 Å². The molecule has 2 amide bonds. The molecule has 1 atom stereocenters. The molecule has 1 aromatic rings. The largest absolute Gasteiger partial charge is 0.378 e. The van der Waals surface area contributed by atoms with Crippen LogP contribution >= 0.6 is 0 Å². The van der Waals surface area contributed by atoms with E-state index in [1.54, 1.807) is 6.07 Å². The van der Waals surface area contributed by atoms with Gasteiger partial charge in [-0.2, -0.15) is 0 Å². The first kappa shape index (κ1) is 17.9. The fourth-order valence-corrected chi connectivity index (χ4v) is 3.28. The summed E-state index contributed by atoms with van der Waals surface area (Å²) in [5.41, 5.74) is 2.31. The molecule has 2 fully saturated rings. The van der Waals surface area contributed by atoms with Crippen LogP contribution in [0.3, 0.4) is 0 Å². The SMILES string of the molecule is Cc1cc(C(=O)N2CCC(C)CC2)ccc1NC(=O)C1COCCN1. The van der Waals surface area contributed by atoms with Gasteiger partial charge >= 0.3 is 0 Å². The van der Waals surface area contributed by atoms with Crippen LogP contribution in [0.15, 0.2) is 18.2 Å².